The summed E-state index contributed by atoms with van der Waals surface area (Å²) in [7, 11) is -3.58. The molecule has 1 fully saturated rings. The van der Waals surface area contributed by atoms with Crippen LogP contribution in [0.5, 0.6) is 0 Å². The van der Waals surface area contributed by atoms with Crippen molar-refractivity contribution < 1.29 is 17.9 Å². The molecule has 1 saturated heterocycles. The molecule has 2 aromatic rings. The summed E-state index contributed by atoms with van der Waals surface area (Å²) in [5, 5.41) is 0. The lowest BCUT2D eigenvalue weighted by Gasteiger charge is -2.40. The number of anilines is 1. The number of fused-ring (bicyclic) bond motifs is 1. The van der Waals surface area contributed by atoms with Crippen LogP contribution in [-0.2, 0) is 21.4 Å². The number of hydrogen-bond donors (Lipinski definition) is 0. The van der Waals surface area contributed by atoms with Gasteiger partial charge in [0.2, 0.25) is 10.0 Å². The number of ether oxygens (including phenoxy) is 1. The van der Waals surface area contributed by atoms with Crippen LogP contribution in [0.1, 0.15) is 40.7 Å². The maximum Gasteiger partial charge on any atom is 0.414 e. The molecule has 2 aromatic carbocycles. The number of piperidine rings is 1. The van der Waals surface area contributed by atoms with Crippen LogP contribution in [0.2, 0.25) is 0 Å². The van der Waals surface area contributed by atoms with Crippen molar-refractivity contribution >= 4 is 21.8 Å². The van der Waals surface area contributed by atoms with Gasteiger partial charge in [0, 0.05) is 24.7 Å². The normalized spacial score (nSPS) is 18.3. The van der Waals surface area contributed by atoms with Crippen LogP contribution in [0.4, 0.5) is 10.5 Å². The Kier molecular flexibility index (Phi) is 5.36. The zero-order chi connectivity index (χ0) is 21.6. The van der Waals surface area contributed by atoms with Gasteiger partial charge in [-0.15, -0.1) is 0 Å². The molecule has 0 N–H and O–H groups in total. The monoisotopic (exact) mass is 428 g/mol. The number of para-hydroxylation sites is 1. The summed E-state index contributed by atoms with van der Waals surface area (Å²) in [6, 6.07) is 9.68. The van der Waals surface area contributed by atoms with E-state index in [-0.39, 0.29) is 18.7 Å². The largest absolute Gasteiger partial charge is 0.444 e. The van der Waals surface area contributed by atoms with Gasteiger partial charge in [-0.2, -0.15) is 4.31 Å². The van der Waals surface area contributed by atoms with Gasteiger partial charge in [-0.1, -0.05) is 35.9 Å². The van der Waals surface area contributed by atoms with Crippen LogP contribution in [0.15, 0.2) is 35.2 Å². The summed E-state index contributed by atoms with van der Waals surface area (Å²) < 4.78 is 33.7. The lowest BCUT2D eigenvalue weighted by molar-refractivity contribution is 0.135. The molecule has 7 heteroatoms. The Morgan fingerprint density at radius 3 is 2.23 bits per heavy atom. The Bertz CT molecular complexity index is 1080. The smallest absolute Gasteiger partial charge is 0.414 e. The van der Waals surface area contributed by atoms with Crippen molar-refractivity contribution in [1.29, 1.82) is 0 Å². The molecule has 2 aliphatic heterocycles. The molecule has 0 aromatic heterocycles. The van der Waals surface area contributed by atoms with Crippen LogP contribution < -0.4 is 4.90 Å². The molecule has 0 aliphatic carbocycles. The predicted octanol–water partition coefficient (Wildman–Crippen LogP) is 4.23. The van der Waals surface area contributed by atoms with Gasteiger partial charge < -0.3 is 4.74 Å². The van der Waals surface area contributed by atoms with Gasteiger partial charge in [-0.25, -0.2) is 13.2 Å². The van der Waals surface area contributed by atoms with E-state index in [2.05, 4.69) is 0 Å². The number of rotatable bonds is 3. The fraction of sp³-hybridized carbons (Fsp3) is 0.435. The summed E-state index contributed by atoms with van der Waals surface area (Å²) in [5.74, 6) is 0. The topological polar surface area (TPSA) is 66.9 Å². The number of sulfonamides is 1. The zero-order valence-electron chi connectivity index (χ0n) is 17.9. The summed E-state index contributed by atoms with van der Waals surface area (Å²) in [6.45, 7) is 8.71. The number of hydrogen-bond acceptors (Lipinski definition) is 4. The van der Waals surface area contributed by atoms with E-state index in [1.165, 1.54) is 0 Å². The van der Waals surface area contributed by atoms with Crippen LogP contribution in [0.25, 0.3) is 0 Å². The third-order valence-corrected chi connectivity index (χ3v) is 8.31. The van der Waals surface area contributed by atoms with Crippen molar-refractivity contribution in [2.75, 3.05) is 18.0 Å². The van der Waals surface area contributed by atoms with Gasteiger partial charge in [0.05, 0.1) is 10.6 Å². The van der Waals surface area contributed by atoms with E-state index in [0.29, 0.717) is 30.8 Å². The number of aryl methyl sites for hydroxylation is 4. The number of benzene rings is 2. The number of nitrogens with zero attached hydrogens (tertiary/aromatic N) is 2. The molecule has 0 atom stereocenters. The molecule has 6 nitrogen and oxygen atoms in total. The van der Waals surface area contributed by atoms with Crippen molar-refractivity contribution in [2.45, 2.75) is 58.1 Å². The maximum absolute atomic E-state index is 13.4. The second-order valence-electron chi connectivity index (χ2n) is 8.37. The first-order valence-corrected chi connectivity index (χ1v) is 11.8. The van der Waals surface area contributed by atoms with Crippen molar-refractivity contribution in [3.8, 4) is 0 Å². The molecule has 0 radical (unpaired) electrons. The highest BCUT2D eigenvalue weighted by Gasteiger charge is 2.38. The molecule has 0 saturated carbocycles. The fourth-order valence-corrected chi connectivity index (χ4v) is 6.74. The molecule has 0 unspecified atom stereocenters. The highest BCUT2D eigenvalue weighted by Crippen LogP contribution is 2.35. The Labute approximate surface area is 178 Å². The average Bonchev–Trinajstić information content (AvgIpc) is 2.67. The number of amides is 1. The summed E-state index contributed by atoms with van der Waals surface area (Å²) >= 11 is 0. The molecular weight excluding hydrogens is 400 g/mol. The highest BCUT2D eigenvalue weighted by atomic mass is 32.2. The molecule has 4 rings (SSSR count). The molecule has 160 valence electrons. The van der Waals surface area contributed by atoms with Gasteiger partial charge >= 0.3 is 6.09 Å². The number of carbonyl (C=O) groups excluding carboxylic acids is 1. The van der Waals surface area contributed by atoms with Crippen molar-refractivity contribution in [3.05, 3.63) is 58.1 Å². The summed E-state index contributed by atoms with van der Waals surface area (Å²) in [4.78, 5) is 14.7. The third-order valence-electron chi connectivity index (χ3n) is 6.10. The van der Waals surface area contributed by atoms with E-state index >= 15 is 0 Å². The van der Waals surface area contributed by atoms with E-state index in [4.69, 9.17) is 4.74 Å². The molecule has 2 heterocycles. The highest BCUT2D eigenvalue weighted by molar-refractivity contribution is 7.89. The van der Waals surface area contributed by atoms with E-state index in [1.54, 1.807) is 9.21 Å². The lowest BCUT2D eigenvalue weighted by atomic mass is 10.00. The molecule has 1 amide bonds. The first-order chi connectivity index (χ1) is 14.2. The number of cyclic esters (lactones) is 1. The maximum atomic E-state index is 13.4. The van der Waals surface area contributed by atoms with Crippen molar-refractivity contribution in [1.82, 2.24) is 4.31 Å². The third kappa shape index (κ3) is 3.50. The van der Waals surface area contributed by atoms with Crippen LogP contribution in [-0.4, -0.2) is 37.9 Å². The average molecular weight is 429 g/mol. The van der Waals surface area contributed by atoms with Crippen LogP contribution in [0.3, 0.4) is 0 Å². The second-order valence-corrected chi connectivity index (χ2v) is 10.2. The molecular formula is C23H28N2O4S. The second kappa shape index (κ2) is 7.71. The first kappa shape index (κ1) is 20.9. The van der Waals surface area contributed by atoms with Crippen molar-refractivity contribution in [2.24, 2.45) is 0 Å². The minimum absolute atomic E-state index is 0.0793. The molecule has 30 heavy (non-hydrogen) atoms. The molecule has 2 aliphatic rings. The van der Waals surface area contributed by atoms with E-state index < -0.39 is 10.0 Å². The SMILES string of the molecule is Cc1cc(C)c(S(=O)(=O)N2CCC(N3C(=O)OCc4cccc(C)c43)CC2)c(C)c1. The van der Waals surface area contributed by atoms with Gasteiger partial charge in [0.15, 0.2) is 0 Å². The standard InChI is InChI=1S/C23H28N2O4S/c1-15-12-17(3)22(18(4)13-15)30(27,28)24-10-8-20(9-11-24)25-21-16(2)6-5-7-19(21)14-29-23(25)26/h5-7,12-13,20H,8-11,14H2,1-4H3. The fourth-order valence-electron chi connectivity index (χ4n) is 4.86. The van der Waals surface area contributed by atoms with Gasteiger partial charge in [0.1, 0.15) is 6.61 Å². The van der Waals surface area contributed by atoms with Crippen molar-refractivity contribution in [3.63, 3.8) is 0 Å². The van der Waals surface area contributed by atoms with E-state index in [9.17, 15) is 13.2 Å². The quantitative estimate of drug-likeness (QED) is 0.734. The molecule has 0 bridgehead atoms. The van der Waals surface area contributed by atoms with Crippen LogP contribution in [0, 0.1) is 27.7 Å². The summed E-state index contributed by atoms with van der Waals surface area (Å²) in [5.41, 5.74) is 5.55. The summed E-state index contributed by atoms with van der Waals surface area (Å²) in [6.07, 6.45) is 0.807. The Balaban J connectivity index is 1.58. The van der Waals surface area contributed by atoms with Gasteiger partial charge in [-0.3, -0.25) is 4.90 Å². The number of carbonyl (C=O) groups is 1. The van der Waals surface area contributed by atoms with E-state index in [1.807, 2.05) is 58.0 Å². The van der Waals surface area contributed by atoms with Gasteiger partial charge in [-0.05, 0) is 57.2 Å². The Morgan fingerprint density at radius 1 is 0.967 bits per heavy atom. The van der Waals surface area contributed by atoms with E-state index in [0.717, 1.165) is 33.5 Å². The first-order valence-electron chi connectivity index (χ1n) is 10.3. The Hall–Kier alpha value is -2.38. The van der Waals surface area contributed by atoms with Gasteiger partial charge in [0.25, 0.3) is 0 Å². The lowest BCUT2D eigenvalue weighted by Crippen LogP contribution is -2.50. The minimum Gasteiger partial charge on any atom is -0.444 e. The minimum atomic E-state index is -3.58. The van der Waals surface area contributed by atoms with Crippen LogP contribution >= 0.6 is 0 Å². The Morgan fingerprint density at radius 2 is 1.60 bits per heavy atom. The molecule has 0 spiro atoms. The predicted molar refractivity (Wildman–Crippen MR) is 116 cm³/mol. The zero-order valence-corrected chi connectivity index (χ0v) is 18.8.